The molecule has 0 heterocycles. The molecule has 178 valence electrons. The molecule has 0 spiro atoms. The predicted molar refractivity (Wildman–Crippen MR) is 123 cm³/mol. The Kier molecular flexibility index (Phi) is 8.54. The highest BCUT2D eigenvalue weighted by Gasteiger charge is 2.37. The Bertz CT molecular complexity index is 805. The highest BCUT2D eigenvalue weighted by molar-refractivity contribution is 6.25. The number of rotatable bonds is 7. The number of hydrogen-bond donors (Lipinski definition) is 4. The molecule has 0 bridgehead atoms. The fourth-order valence-corrected chi connectivity index (χ4v) is 4.36. The first-order valence-electron chi connectivity index (χ1n) is 11.1. The van der Waals surface area contributed by atoms with E-state index in [4.69, 9.17) is 10.2 Å². The predicted octanol–water partition coefficient (Wildman–Crippen LogP) is 3.04. The Balaban J connectivity index is 2.33. The summed E-state index contributed by atoms with van der Waals surface area (Å²) in [5.41, 5.74) is 0.648. The maximum Gasteiger partial charge on any atom is 0.168 e. The number of aliphatic hydroxyl groups excluding tert-OH is 4. The van der Waals surface area contributed by atoms with Crippen LogP contribution < -0.4 is 0 Å². The molecule has 0 radical (unpaired) electrons. The number of aliphatic imine (C=N–C) groups is 2. The molecule has 2 aliphatic rings. The van der Waals surface area contributed by atoms with E-state index in [1.807, 2.05) is 27.7 Å². The summed E-state index contributed by atoms with van der Waals surface area (Å²) < 4.78 is 0. The Morgan fingerprint density at radius 3 is 1.38 bits per heavy atom. The van der Waals surface area contributed by atoms with E-state index in [-0.39, 0.29) is 97.0 Å². The lowest BCUT2D eigenvalue weighted by Gasteiger charge is -2.32. The number of carbonyl (C=O) groups is 2. The van der Waals surface area contributed by atoms with Crippen LogP contribution in [0.25, 0.3) is 0 Å². The minimum atomic E-state index is -0.293. The van der Waals surface area contributed by atoms with Crippen molar-refractivity contribution >= 4 is 23.0 Å². The lowest BCUT2D eigenvalue weighted by molar-refractivity contribution is -0.118. The average Bonchev–Trinajstić information content (AvgIpc) is 2.66. The first-order chi connectivity index (χ1) is 14.9. The number of carbonyl (C=O) groups excluding carboxylic acids is 2. The molecule has 8 heteroatoms. The minimum Gasteiger partial charge on any atom is -0.511 e. The van der Waals surface area contributed by atoms with E-state index in [2.05, 4.69) is 9.98 Å². The Morgan fingerprint density at radius 2 is 1.06 bits per heavy atom. The van der Waals surface area contributed by atoms with E-state index in [1.54, 1.807) is 0 Å². The average molecular weight is 449 g/mol. The smallest absolute Gasteiger partial charge is 0.168 e. The first-order valence-corrected chi connectivity index (χ1v) is 11.1. The highest BCUT2D eigenvalue weighted by Crippen LogP contribution is 2.37. The van der Waals surface area contributed by atoms with Crippen LogP contribution in [-0.4, -0.2) is 69.7 Å². The van der Waals surface area contributed by atoms with Crippen LogP contribution >= 0.6 is 0 Å². The van der Waals surface area contributed by atoms with Crippen LogP contribution in [0, 0.1) is 10.8 Å². The summed E-state index contributed by atoms with van der Waals surface area (Å²) in [7, 11) is 0. The Morgan fingerprint density at radius 1 is 0.719 bits per heavy atom. The van der Waals surface area contributed by atoms with Crippen molar-refractivity contribution in [1.82, 2.24) is 0 Å². The highest BCUT2D eigenvalue weighted by atomic mass is 16.3. The van der Waals surface area contributed by atoms with Gasteiger partial charge in [-0.15, -0.1) is 0 Å². The van der Waals surface area contributed by atoms with Crippen LogP contribution in [0.3, 0.4) is 0 Å². The fourth-order valence-electron chi connectivity index (χ4n) is 4.36. The van der Waals surface area contributed by atoms with Gasteiger partial charge in [0.15, 0.2) is 11.6 Å². The molecule has 0 aromatic heterocycles. The molecule has 2 fully saturated rings. The molecule has 2 rings (SSSR count). The zero-order valence-corrected chi connectivity index (χ0v) is 19.6. The van der Waals surface area contributed by atoms with E-state index in [0.717, 1.165) is 0 Å². The van der Waals surface area contributed by atoms with Crippen LogP contribution in [0.4, 0.5) is 0 Å². The van der Waals surface area contributed by atoms with Gasteiger partial charge in [-0.2, -0.15) is 0 Å². The third kappa shape index (κ3) is 6.59. The monoisotopic (exact) mass is 448 g/mol. The molecule has 0 atom stereocenters. The Hall–Kier alpha value is -2.32. The zero-order valence-electron chi connectivity index (χ0n) is 19.6. The second-order valence-electron chi connectivity index (χ2n) is 10.1. The normalized spacial score (nSPS) is 26.6. The maximum atomic E-state index is 12.7. The maximum absolute atomic E-state index is 12.7. The standard InChI is InChI=1S/C24H36N2O6/c1-23(2)11-15(25-7-9-27)21(19(31)13-23)17(29)5-6-18(30)22-16(26-8-10-28)12-24(3,4)14-20(22)32/h27-30H,5-14H2,1-4H3. The molecule has 0 saturated heterocycles. The molecular weight excluding hydrogens is 412 g/mol. The lowest BCUT2D eigenvalue weighted by atomic mass is 9.72. The molecule has 8 nitrogen and oxygen atoms in total. The van der Waals surface area contributed by atoms with Crippen molar-refractivity contribution in [3.8, 4) is 0 Å². The van der Waals surface area contributed by atoms with Gasteiger partial charge in [-0.25, -0.2) is 0 Å². The lowest BCUT2D eigenvalue weighted by Crippen LogP contribution is -2.33. The van der Waals surface area contributed by atoms with Crippen LogP contribution in [0.1, 0.15) is 66.2 Å². The van der Waals surface area contributed by atoms with Crippen LogP contribution in [0.5, 0.6) is 0 Å². The van der Waals surface area contributed by atoms with Gasteiger partial charge in [0.1, 0.15) is 11.5 Å². The van der Waals surface area contributed by atoms with Crippen molar-refractivity contribution in [1.29, 1.82) is 0 Å². The van der Waals surface area contributed by atoms with Crippen LogP contribution in [0.15, 0.2) is 32.6 Å². The zero-order chi connectivity index (χ0) is 24.1. The van der Waals surface area contributed by atoms with Crippen molar-refractivity contribution in [2.45, 2.75) is 66.2 Å². The molecule has 0 aromatic carbocycles. The summed E-state index contributed by atoms with van der Waals surface area (Å²) in [6.45, 7) is 7.76. The molecule has 0 unspecified atom stereocenters. The summed E-state index contributed by atoms with van der Waals surface area (Å²) in [4.78, 5) is 34.1. The molecule has 2 aliphatic carbocycles. The number of ketones is 2. The van der Waals surface area contributed by atoms with Crippen molar-refractivity contribution in [3.63, 3.8) is 0 Å². The topological polar surface area (TPSA) is 140 Å². The van der Waals surface area contributed by atoms with E-state index in [0.29, 0.717) is 24.3 Å². The number of aliphatic hydroxyl groups is 4. The van der Waals surface area contributed by atoms with Gasteiger partial charge in [0.2, 0.25) is 0 Å². The SMILES string of the molecule is CC1(C)CC(=O)C(=C(O)CCC(O)=C2C(=O)CC(C)(C)CC2=NCCO)C(=NCCO)C1. The second kappa shape index (κ2) is 10.5. The van der Waals surface area contributed by atoms with Gasteiger partial charge in [0.05, 0.1) is 37.4 Å². The van der Waals surface area contributed by atoms with Crippen molar-refractivity contribution in [2.24, 2.45) is 20.8 Å². The first kappa shape index (κ1) is 25.9. The number of allylic oxidation sites excluding steroid dienone is 4. The summed E-state index contributed by atoms with van der Waals surface area (Å²) in [5, 5.41) is 39.7. The molecular formula is C24H36N2O6. The second-order valence-corrected chi connectivity index (χ2v) is 10.1. The van der Waals surface area contributed by atoms with E-state index >= 15 is 0 Å². The van der Waals surface area contributed by atoms with Gasteiger partial charge < -0.3 is 20.4 Å². The summed E-state index contributed by atoms with van der Waals surface area (Å²) in [6.07, 6.45) is 1.47. The van der Waals surface area contributed by atoms with Crippen molar-refractivity contribution < 1.29 is 30.0 Å². The molecule has 0 aliphatic heterocycles. The van der Waals surface area contributed by atoms with Crippen LogP contribution in [-0.2, 0) is 9.59 Å². The third-order valence-electron chi connectivity index (χ3n) is 5.69. The molecule has 2 saturated carbocycles. The van der Waals surface area contributed by atoms with Crippen molar-refractivity contribution in [3.05, 3.63) is 22.7 Å². The van der Waals surface area contributed by atoms with E-state index < -0.39 is 0 Å². The number of Topliss-reactive ketones (excluding diaryl/α,β-unsaturated/α-hetero) is 2. The Labute approximate surface area is 189 Å². The van der Waals surface area contributed by atoms with E-state index in [9.17, 15) is 19.8 Å². The van der Waals surface area contributed by atoms with Gasteiger partial charge in [0.25, 0.3) is 0 Å². The van der Waals surface area contributed by atoms with Gasteiger partial charge in [-0.3, -0.25) is 19.6 Å². The number of nitrogens with zero attached hydrogens (tertiary/aromatic N) is 2. The van der Waals surface area contributed by atoms with E-state index in [1.165, 1.54) is 0 Å². The summed E-state index contributed by atoms with van der Waals surface area (Å²) >= 11 is 0. The van der Waals surface area contributed by atoms with Crippen LogP contribution in [0.2, 0.25) is 0 Å². The molecule has 4 N–H and O–H groups in total. The largest absolute Gasteiger partial charge is 0.511 e. The van der Waals surface area contributed by atoms with Gasteiger partial charge in [-0.1, -0.05) is 27.7 Å². The van der Waals surface area contributed by atoms with Gasteiger partial charge >= 0.3 is 0 Å². The third-order valence-corrected chi connectivity index (χ3v) is 5.69. The number of hydrogen-bond acceptors (Lipinski definition) is 8. The summed E-state index contributed by atoms with van der Waals surface area (Å²) in [6, 6.07) is 0. The van der Waals surface area contributed by atoms with Gasteiger partial charge in [0, 0.05) is 37.1 Å². The fraction of sp³-hybridized carbons (Fsp3) is 0.667. The quantitative estimate of drug-likeness (QED) is 0.349. The molecule has 0 amide bonds. The van der Waals surface area contributed by atoms with Gasteiger partial charge in [-0.05, 0) is 23.7 Å². The summed E-state index contributed by atoms with van der Waals surface area (Å²) in [5.74, 6) is -0.787. The molecule has 0 aromatic rings. The van der Waals surface area contributed by atoms with Crippen molar-refractivity contribution in [2.75, 3.05) is 26.3 Å². The molecule has 32 heavy (non-hydrogen) atoms. The minimum absolute atomic E-state index is 0.0288.